The van der Waals surface area contributed by atoms with Crippen molar-refractivity contribution in [3.05, 3.63) is 0 Å². The van der Waals surface area contributed by atoms with Gasteiger partial charge in [0, 0.05) is 28.6 Å². The monoisotopic (exact) mass is 375 g/mol. The molecule has 0 aromatic rings. The molecule has 0 aromatic heterocycles. The van der Waals surface area contributed by atoms with Crippen LogP contribution in [0.2, 0.25) is 0 Å². The van der Waals surface area contributed by atoms with Crippen LogP contribution in [-0.2, 0) is 36.0 Å². The normalized spacial score (nSPS) is 9.65. The molecule has 1 radical (unpaired) electrons. The minimum absolute atomic E-state index is 0. The molecule has 6 nitrogen and oxygen atoms in total. The molecule has 0 amide bonds. The fourth-order valence-corrected chi connectivity index (χ4v) is 2.07. The van der Waals surface area contributed by atoms with Gasteiger partial charge >= 0.3 is 11.9 Å². The van der Waals surface area contributed by atoms with E-state index in [1.54, 1.807) is 0 Å². The molecule has 0 saturated heterocycles. The van der Waals surface area contributed by atoms with E-state index in [-0.39, 0.29) is 53.0 Å². The molecular formula is C16H28CoO6. The van der Waals surface area contributed by atoms with Gasteiger partial charge in [0.1, 0.15) is 24.4 Å². The molecule has 23 heavy (non-hydrogen) atoms. The van der Waals surface area contributed by atoms with Crippen LogP contribution in [0.3, 0.4) is 0 Å². The number of carbonyl (C=O) groups is 4. The van der Waals surface area contributed by atoms with Gasteiger partial charge in [-0.15, -0.1) is 0 Å². The maximum absolute atomic E-state index is 11.0. The zero-order valence-corrected chi connectivity index (χ0v) is 15.3. The minimum Gasteiger partial charge on any atom is -0.481 e. The van der Waals surface area contributed by atoms with Gasteiger partial charge in [0.05, 0.1) is 0 Å². The van der Waals surface area contributed by atoms with E-state index in [1.165, 1.54) is 0 Å². The van der Waals surface area contributed by atoms with Gasteiger partial charge in [0.15, 0.2) is 0 Å². The number of rotatable bonds is 10. The van der Waals surface area contributed by atoms with Crippen molar-refractivity contribution in [2.45, 2.75) is 66.2 Å². The van der Waals surface area contributed by atoms with E-state index in [4.69, 9.17) is 10.2 Å². The van der Waals surface area contributed by atoms with Crippen molar-refractivity contribution in [1.29, 1.82) is 0 Å². The summed E-state index contributed by atoms with van der Waals surface area (Å²) in [7, 11) is 0. The van der Waals surface area contributed by atoms with Crippen LogP contribution in [0.4, 0.5) is 0 Å². The van der Waals surface area contributed by atoms with Crippen molar-refractivity contribution in [3.8, 4) is 0 Å². The Morgan fingerprint density at radius 3 is 1.00 bits per heavy atom. The van der Waals surface area contributed by atoms with Gasteiger partial charge in [-0.1, -0.05) is 27.7 Å². The van der Waals surface area contributed by atoms with Crippen LogP contribution in [0, 0.1) is 11.8 Å². The number of aliphatic carboxylic acids is 2. The molecular weight excluding hydrogens is 347 g/mol. The SMILES string of the molecule is CCC(CC)C(=O)CC(=O)O.CCC(CC)C(=O)CC(=O)O.[Co]. The molecule has 0 aromatic carbocycles. The predicted octanol–water partition coefficient (Wildman–Crippen LogP) is 2.93. The van der Waals surface area contributed by atoms with Crippen molar-refractivity contribution in [3.63, 3.8) is 0 Å². The summed E-state index contributed by atoms with van der Waals surface area (Å²) in [6, 6.07) is 0. The number of Topliss-reactive ketones (excluding diaryl/α,β-unsaturated/α-hetero) is 2. The van der Waals surface area contributed by atoms with Crippen LogP contribution >= 0.6 is 0 Å². The first-order chi connectivity index (χ1) is 10.2. The van der Waals surface area contributed by atoms with Crippen LogP contribution in [0.1, 0.15) is 66.2 Å². The van der Waals surface area contributed by atoms with Crippen molar-refractivity contribution >= 4 is 23.5 Å². The third kappa shape index (κ3) is 14.1. The van der Waals surface area contributed by atoms with E-state index < -0.39 is 11.9 Å². The Labute approximate surface area is 148 Å². The Balaban J connectivity index is -0.000000333. The van der Waals surface area contributed by atoms with Crippen LogP contribution in [-0.4, -0.2) is 33.7 Å². The summed E-state index contributed by atoms with van der Waals surface area (Å²) in [5.74, 6) is -2.48. The number of carbonyl (C=O) groups excluding carboxylic acids is 2. The first kappa shape index (κ1) is 26.7. The largest absolute Gasteiger partial charge is 0.481 e. The van der Waals surface area contributed by atoms with Gasteiger partial charge in [0.2, 0.25) is 0 Å². The van der Waals surface area contributed by atoms with Gasteiger partial charge in [-0.25, -0.2) is 0 Å². The molecule has 137 valence electrons. The van der Waals surface area contributed by atoms with Gasteiger partial charge in [-0.2, -0.15) is 0 Å². The van der Waals surface area contributed by atoms with Crippen LogP contribution in [0.5, 0.6) is 0 Å². The van der Waals surface area contributed by atoms with Crippen molar-refractivity contribution < 1.29 is 46.2 Å². The van der Waals surface area contributed by atoms with Crippen LogP contribution < -0.4 is 0 Å². The zero-order valence-electron chi connectivity index (χ0n) is 14.3. The van der Waals surface area contributed by atoms with Gasteiger partial charge in [-0.05, 0) is 25.7 Å². The number of hydrogen-bond donors (Lipinski definition) is 2. The van der Waals surface area contributed by atoms with Gasteiger partial charge < -0.3 is 10.2 Å². The Hall–Kier alpha value is -1.21. The van der Waals surface area contributed by atoms with Crippen molar-refractivity contribution in [2.24, 2.45) is 11.8 Å². The molecule has 0 atom stereocenters. The summed E-state index contributed by atoms with van der Waals surface area (Å²) in [5.41, 5.74) is 0. The summed E-state index contributed by atoms with van der Waals surface area (Å²) >= 11 is 0. The topological polar surface area (TPSA) is 109 Å². The molecule has 0 spiro atoms. The molecule has 0 aliphatic rings. The molecule has 7 heteroatoms. The summed E-state index contributed by atoms with van der Waals surface area (Å²) in [6.07, 6.45) is 2.30. The van der Waals surface area contributed by atoms with Crippen molar-refractivity contribution in [1.82, 2.24) is 0 Å². The maximum Gasteiger partial charge on any atom is 0.310 e. The minimum atomic E-state index is -1.03. The fourth-order valence-electron chi connectivity index (χ4n) is 2.07. The predicted molar refractivity (Wildman–Crippen MR) is 82.7 cm³/mol. The zero-order chi connectivity index (χ0) is 17.7. The van der Waals surface area contributed by atoms with E-state index in [0.717, 1.165) is 25.7 Å². The molecule has 0 rings (SSSR count). The van der Waals surface area contributed by atoms with Gasteiger partial charge in [-0.3, -0.25) is 19.2 Å². The first-order valence-electron chi connectivity index (χ1n) is 7.72. The number of carboxylic acid groups (broad SMARTS) is 2. The number of carboxylic acids is 2. The standard InChI is InChI=1S/2C8H14O3.Co/c2*1-3-6(4-2)7(9)5-8(10)11;/h2*6H,3-5H2,1-2H3,(H,10,11);. The second kappa shape index (κ2) is 15.7. The molecule has 0 saturated carbocycles. The third-order valence-electron chi connectivity index (χ3n) is 3.53. The average molecular weight is 375 g/mol. The summed E-state index contributed by atoms with van der Waals surface area (Å²) in [6.45, 7) is 7.59. The maximum atomic E-state index is 11.0. The molecule has 0 fully saturated rings. The second-order valence-corrected chi connectivity index (χ2v) is 5.10. The quantitative estimate of drug-likeness (QED) is 0.568. The molecule has 0 heterocycles. The van der Waals surface area contributed by atoms with Crippen LogP contribution in [0.15, 0.2) is 0 Å². The molecule has 0 aliphatic heterocycles. The fraction of sp³-hybridized carbons (Fsp3) is 0.750. The first-order valence-corrected chi connectivity index (χ1v) is 7.72. The van der Waals surface area contributed by atoms with Crippen LogP contribution in [0.25, 0.3) is 0 Å². The Morgan fingerprint density at radius 2 is 0.870 bits per heavy atom. The molecule has 2 N–H and O–H groups in total. The summed E-state index contributed by atoms with van der Waals surface area (Å²) in [5, 5.41) is 16.6. The third-order valence-corrected chi connectivity index (χ3v) is 3.53. The number of hydrogen-bond acceptors (Lipinski definition) is 4. The number of ketones is 2. The molecule has 0 aliphatic carbocycles. The smallest absolute Gasteiger partial charge is 0.310 e. The Kier molecular flexibility index (Phi) is 18.2. The molecule has 0 bridgehead atoms. The van der Waals surface area contributed by atoms with E-state index in [1.807, 2.05) is 27.7 Å². The van der Waals surface area contributed by atoms with E-state index >= 15 is 0 Å². The molecule has 0 unspecified atom stereocenters. The van der Waals surface area contributed by atoms with E-state index in [0.29, 0.717) is 0 Å². The van der Waals surface area contributed by atoms with Gasteiger partial charge in [0.25, 0.3) is 0 Å². The second-order valence-electron chi connectivity index (χ2n) is 5.10. The summed E-state index contributed by atoms with van der Waals surface area (Å²) in [4.78, 5) is 42.3. The van der Waals surface area contributed by atoms with E-state index in [2.05, 4.69) is 0 Å². The summed E-state index contributed by atoms with van der Waals surface area (Å²) < 4.78 is 0. The van der Waals surface area contributed by atoms with Crippen molar-refractivity contribution in [2.75, 3.05) is 0 Å². The Morgan fingerprint density at radius 1 is 0.652 bits per heavy atom. The van der Waals surface area contributed by atoms with E-state index in [9.17, 15) is 19.2 Å². The Bertz CT molecular complexity index is 337. The average Bonchev–Trinajstić information content (AvgIpc) is 2.40.